The molecular weight excluding hydrogens is 358 g/mol. The largest absolute Gasteiger partial charge is 0.480 e. The lowest BCUT2D eigenvalue weighted by Gasteiger charge is -2.27. The molecule has 1 aliphatic heterocycles. The van der Waals surface area contributed by atoms with E-state index in [-0.39, 0.29) is 11.7 Å². The third kappa shape index (κ3) is 3.29. The van der Waals surface area contributed by atoms with E-state index in [1.54, 1.807) is 23.2 Å². The van der Waals surface area contributed by atoms with Gasteiger partial charge >= 0.3 is 0 Å². The topological polar surface area (TPSA) is 117 Å². The first-order chi connectivity index (χ1) is 13.6. The van der Waals surface area contributed by atoms with Crippen LogP contribution in [-0.2, 0) is 4.74 Å². The standard InChI is InChI=1S/C20H21N5O3/c1-27-19-16(21)10-14(11-23-19)12-2-3-17-13(8-12)9-15(18(22)24-17)20(26)25-4-6-28-7-5-25/h2-3,8-11H,4-7,21H2,1H3,(H2,22,24). The predicted molar refractivity (Wildman–Crippen MR) is 107 cm³/mol. The maximum absolute atomic E-state index is 12.8. The molecule has 4 rings (SSSR count). The number of carbonyl (C=O) groups is 1. The molecule has 144 valence electrons. The lowest BCUT2D eigenvalue weighted by Crippen LogP contribution is -2.41. The lowest BCUT2D eigenvalue weighted by atomic mass is 10.0. The Morgan fingerprint density at radius 1 is 1.14 bits per heavy atom. The Balaban J connectivity index is 1.73. The highest BCUT2D eigenvalue weighted by Gasteiger charge is 2.21. The molecule has 1 fully saturated rings. The van der Waals surface area contributed by atoms with Crippen LogP contribution in [0.4, 0.5) is 11.5 Å². The van der Waals surface area contributed by atoms with Gasteiger partial charge in [0.25, 0.3) is 5.91 Å². The number of fused-ring (bicyclic) bond motifs is 1. The summed E-state index contributed by atoms with van der Waals surface area (Å²) in [6.07, 6.45) is 1.70. The molecule has 8 heteroatoms. The van der Waals surface area contributed by atoms with Crippen LogP contribution in [0.5, 0.6) is 5.88 Å². The monoisotopic (exact) mass is 379 g/mol. The fourth-order valence-electron chi connectivity index (χ4n) is 3.28. The Morgan fingerprint density at radius 3 is 2.64 bits per heavy atom. The molecule has 0 atom stereocenters. The van der Waals surface area contributed by atoms with Crippen LogP contribution in [-0.4, -0.2) is 54.2 Å². The zero-order valence-corrected chi connectivity index (χ0v) is 15.5. The van der Waals surface area contributed by atoms with Gasteiger partial charge in [0, 0.05) is 30.2 Å². The van der Waals surface area contributed by atoms with Crippen LogP contribution in [0.15, 0.2) is 36.5 Å². The average Bonchev–Trinajstić information content (AvgIpc) is 2.73. The van der Waals surface area contributed by atoms with Gasteiger partial charge in [0.05, 0.1) is 37.1 Å². The number of amides is 1. The van der Waals surface area contributed by atoms with E-state index >= 15 is 0 Å². The summed E-state index contributed by atoms with van der Waals surface area (Å²) >= 11 is 0. The van der Waals surface area contributed by atoms with Crippen molar-refractivity contribution in [1.29, 1.82) is 0 Å². The third-order valence-corrected chi connectivity index (χ3v) is 4.78. The number of rotatable bonds is 3. The van der Waals surface area contributed by atoms with Crippen LogP contribution in [0.1, 0.15) is 10.4 Å². The highest BCUT2D eigenvalue weighted by atomic mass is 16.5. The number of hydrogen-bond donors (Lipinski definition) is 2. The molecule has 3 heterocycles. The number of nitrogen functional groups attached to an aromatic ring is 2. The van der Waals surface area contributed by atoms with Crippen LogP contribution < -0.4 is 16.2 Å². The number of pyridine rings is 2. The normalized spacial score (nSPS) is 14.2. The molecule has 28 heavy (non-hydrogen) atoms. The van der Waals surface area contributed by atoms with Crippen molar-refractivity contribution < 1.29 is 14.3 Å². The molecular formula is C20H21N5O3. The Hall–Kier alpha value is -3.39. The molecule has 8 nitrogen and oxygen atoms in total. The Morgan fingerprint density at radius 2 is 1.93 bits per heavy atom. The Labute approximate surface area is 162 Å². The maximum Gasteiger partial charge on any atom is 0.257 e. The van der Waals surface area contributed by atoms with Crippen molar-refractivity contribution in [3.05, 3.63) is 42.1 Å². The number of anilines is 2. The van der Waals surface area contributed by atoms with Gasteiger partial charge in [-0.05, 0) is 29.8 Å². The fraction of sp³-hybridized carbons (Fsp3) is 0.250. The van der Waals surface area contributed by atoms with Crippen molar-refractivity contribution in [2.75, 3.05) is 44.9 Å². The zero-order chi connectivity index (χ0) is 19.7. The smallest absolute Gasteiger partial charge is 0.257 e. The van der Waals surface area contributed by atoms with E-state index in [2.05, 4.69) is 9.97 Å². The van der Waals surface area contributed by atoms with E-state index < -0.39 is 0 Å². The molecule has 0 radical (unpaired) electrons. The van der Waals surface area contributed by atoms with Gasteiger partial charge < -0.3 is 25.8 Å². The van der Waals surface area contributed by atoms with Crippen molar-refractivity contribution in [1.82, 2.24) is 14.9 Å². The molecule has 0 aliphatic carbocycles. The summed E-state index contributed by atoms with van der Waals surface area (Å²) < 4.78 is 10.4. The van der Waals surface area contributed by atoms with Gasteiger partial charge in [0.2, 0.25) is 5.88 Å². The van der Waals surface area contributed by atoms with E-state index in [0.717, 1.165) is 16.5 Å². The van der Waals surface area contributed by atoms with E-state index in [0.29, 0.717) is 49.0 Å². The van der Waals surface area contributed by atoms with E-state index in [1.165, 1.54) is 7.11 Å². The van der Waals surface area contributed by atoms with Crippen molar-refractivity contribution in [2.24, 2.45) is 0 Å². The van der Waals surface area contributed by atoms with Gasteiger partial charge in [-0.25, -0.2) is 9.97 Å². The minimum absolute atomic E-state index is 0.129. The summed E-state index contributed by atoms with van der Waals surface area (Å²) in [6, 6.07) is 9.32. The fourth-order valence-corrected chi connectivity index (χ4v) is 3.28. The zero-order valence-electron chi connectivity index (χ0n) is 15.5. The van der Waals surface area contributed by atoms with Gasteiger partial charge in [-0.1, -0.05) is 6.07 Å². The van der Waals surface area contributed by atoms with Crippen LogP contribution in [0.2, 0.25) is 0 Å². The molecule has 0 unspecified atom stereocenters. The molecule has 1 saturated heterocycles. The van der Waals surface area contributed by atoms with Crippen molar-refractivity contribution >= 4 is 28.3 Å². The van der Waals surface area contributed by atoms with E-state index in [1.807, 2.05) is 18.2 Å². The number of morpholine rings is 1. The van der Waals surface area contributed by atoms with Gasteiger partial charge in [0.15, 0.2) is 0 Å². The molecule has 4 N–H and O–H groups in total. The van der Waals surface area contributed by atoms with Gasteiger partial charge in [-0.2, -0.15) is 0 Å². The number of ether oxygens (including phenoxy) is 2. The molecule has 0 saturated carbocycles. The Kier molecular flexibility index (Phi) is 4.70. The number of nitrogens with zero attached hydrogens (tertiary/aromatic N) is 3. The molecule has 2 aromatic heterocycles. The number of methoxy groups -OCH3 is 1. The van der Waals surface area contributed by atoms with Crippen molar-refractivity contribution in [3.63, 3.8) is 0 Å². The van der Waals surface area contributed by atoms with Crippen molar-refractivity contribution in [3.8, 4) is 17.0 Å². The summed E-state index contributed by atoms with van der Waals surface area (Å²) in [5, 5.41) is 0.817. The number of aromatic nitrogens is 2. The van der Waals surface area contributed by atoms with Crippen LogP contribution in [0, 0.1) is 0 Å². The first-order valence-electron chi connectivity index (χ1n) is 8.94. The van der Waals surface area contributed by atoms with Crippen LogP contribution >= 0.6 is 0 Å². The highest BCUT2D eigenvalue weighted by Crippen LogP contribution is 2.29. The first kappa shape index (κ1) is 18.0. The summed E-state index contributed by atoms with van der Waals surface area (Å²) in [5.41, 5.74) is 15.4. The molecule has 0 bridgehead atoms. The maximum atomic E-state index is 12.8. The predicted octanol–water partition coefficient (Wildman–Crippen LogP) is 1.94. The molecule has 1 amide bonds. The molecule has 3 aromatic rings. The highest BCUT2D eigenvalue weighted by molar-refractivity contribution is 6.02. The van der Waals surface area contributed by atoms with Crippen LogP contribution in [0.3, 0.4) is 0 Å². The number of hydrogen-bond acceptors (Lipinski definition) is 7. The Bertz CT molecular complexity index is 1050. The third-order valence-electron chi connectivity index (χ3n) is 4.78. The van der Waals surface area contributed by atoms with E-state index in [9.17, 15) is 4.79 Å². The summed E-state index contributed by atoms with van der Waals surface area (Å²) in [7, 11) is 1.53. The van der Waals surface area contributed by atoms with Gasteiger partial charge in [0.1, 0.15) is 5.82 Å². The molecule has 1 aliphatic rings. The first-order valence-corrected chi connectivity index (χ1v) is 8.94. The number of nitrogens with two attached hydrogens (primary N) is 2. The second-order valence-corrected chi connectivity index (χ2v) is 6.56. The minimum Gasteiger partial charge on any atom is -0.480 e. The second-order valence-electron chi connectivity index (χ2n) is 6.56. The SMILES string of the molecule is COc1ncc(-c2ccc3nc(N)c(C(=O)N4CCOCC4)cc3c2)cc1N. The van der Waals surface area contributed by atoms with Gasteiger partial charge in [-0.3, -0.25) is 4.79 Å². The number of benzene rings is 1. The summed E-state index contributed by atoms with van der Waals surface area (Å²) in [5.74, 6) is 0.487. The quantitative estimate of drug-likeness (QED) is 0.714. The molecule has 1 aromatic carbocycles. The van der Waals surface area contributed by atoms with Gasteiger partial charge in [-0.15, -0.1) is 0 Å². The van der Waals surface area contributed by atoms with E-state index in [4.69, 9.17) is 20.9 Å². The minimum atomic E-state index is -0.129. The van der Waals surface area contributed by atoms with Crippen LogP contribution in [0.25, 0.3) is 22.0 Å². The average molecular weight is 379 g/mol. The second kappa shape index (κ2) is 7.32. The van der Waals surface area contributed by atoms with Crippen molar-refractivity contribution in [2.45, 2.75) is 0 Å². The summed E-state index contributed by atoms with van der Waals surface area (Å²) in [6.45, 7) is 2.16. The summed E-state index contributed by atoms with van der Waals surface area (Å²) in [4.78, 5) is 23.2. The number of carbonyl (C=O) groups excluding carboxylic acids is 1. The lowest BCUT2D eigenvalue weighted by molar-refractivity contribution is 0.0303. The molecule has 0 spiro atoms.